The first-order valence-electron chi connectivity index (χ1n) is 7.87. The second-order valence-corrected chi connectivity index (χ2v) is 5.94. The van der Waals surface area contributed by atoms with Crippen LogP contribution in [0.1, 0.15) is 44.9 Å². The Morgan fingerprint density at radius 1 is 0.739 bits per heavy atom. The van der Waals surface area contributed by atoms with Crippen LogP contribution in [0.5, 0.6) is 0 Å². The zero-order chi connectivity index (χ0) is 17.9. The molecule has 0 fully saturated rings. The van der Waals surface area contributed by atoms with Crippen LogP contribution in [0.15, 0.2) is 0 Å². The molecule has 0 unspecified atom stereocenters. The maximum Gasteiger partial charge on any atom is 0.224 e. The predicted molar refractivity (Wildman–Crippen MR) is 83.9 cm³/mol. The van der Waals surface area contributed by atoms with Gasteiger partial charge in [-0.05, 0) is 43.9 Å². The smallest absolute Gasteiger partial charge is 0.224 e. The average Bonchev–Trinajstić information content (AvgIpc) is 2.46. The Kier molecular flexibility index (Phi) is 9.98. The summed E-state index contributed by atoms with van der Waals surface area (Å²) < 4.78 is 0. The Hall–Kier alpha value is -1.22. The number of rotatable bonds is 14. The fourth-order valence-corrected chi connectivity index (χ4v) is 3.67. The number of hydrogen-bond acceptors (Lipinski definition) is 6. The molecule has 0 bridgehead atoms. The minimum atomic E-state index is -1.28. The lowest BCUT2D eigenvalue weighted by molar-refractivity contribution is -0.144. The van der Waals surface area contributed by atoms with Crippen LogP contribution in [0.3, 0.4) is 0 Å². The van der Waals surface area contributed by atoms with Gasteiger partial charge in [0, 0.05) is 32.8 Å². The summed E-state index contributed by atoms with van der Waals surface area (Å²) in [5, 5.41) is 37.7. The Labute approximate surface area is 136 Å². The third-order valence-electron chi connectivity index (χ3n) is 4.82. The first-order chi connectivity index (χ1) is 10.9. The topological polar surface area (TPSA) is 167 Å². The van der Waals surface area contributed by atoms with Gasteiger partial charge in [-0.1, -0.05) is 0 Å². The quantitative estimate of drug-likeness (QED) is 0.229. The van der Waals surface area contributed by atoms with E-state index in [0.29, 0.717) is 12.8 Å². The Balaban J connectivity index is 5.83. The van der Waals surface area contributed by atoms with Crippen LogP contribution in [0, 0.1) is 10.8 Å². The van der Waals surface area contributed by atoms with Crippen LogP contribution in [0.25, 0.3) is 0 Å². The van der Waals surface area contributed by atoms with E-state index in [1.165, 1.54) is 0 Å². The number of aliphatic hydroxyl groups is 4. The van der Waals surface area contributed by atoms with Gasteiger partial charge in [0.05, 0.1) is 5.41 Å². The molecule has 0 spiro atoms. The molecule has 23 heavy (non-hydrogen) atoms. The van der Waals surface area contributed by atoms with Crippen molar-refractivity contribution < 1.29 is 30.0 Å². The van der Waals surface area contributed by atoms with E-state index in [1.54, 1.807) is 0 Å². The van der Waals surface area contributed by atoms with Gasteiger partial charge < -0.3 is 31.9 Å². The summed E-state index contributed by atoms with van der Waals surface area (Å²) in [5.41, 5.74) is 8.55. The van der Waals surface area contributed by atoms with Gasteiger partial charge in [-0.25, -0.2) is 0 Å². The molecule has 0 atom stereocenters. The monoisotopic (exact) mass is 334 g/mol. The van der Waals surface area contributed by atoms with E-state index in [9.17, 15) is 30.0 Å². The van der Waals surface area contributed by atoms with Crippen molar-refractivity contribution in [3.63, 3.8) is 0 Å². The molecule has 0 heterocycles. The van der Waals surface area contributed by atoms with Crippen molar-refractivity contribution in [3.8, 4) is 0 Å². The molecule has 8 heteroatoms. The number of primary amides is 2. The normalized spacial score (nSPS) is 12.3. The molecule has 0 aromatic carbocycles. The summed E-state index contributed by atoms with van der Waals surface area (Å²) in [5.74, 6) is -1.18. The van der Waals surface area contributed by atoms with Crippen molar-refractivity contribution in [3.05, 3.63) is 0 Å². The van der Waals surface area contributed by atoms with Crippen molar-refractivity contribution >= 4 is 11.8 Å². The molecule has 0 saturated carbocycles. The summed E-state index contributed by atoms with van der Waals surface area (Å²) >= 11 is 0. The Morgan fingerprint density at radius 2 is 1.17 bits per heavy atom. The molecule has 2 amide bonds. The van der Waals surface area contributed by atoms with Gasteiger partial charge in [0.15, 0.2) is 0 Å². The van der Waals surface area contributed by atoms with E-state index in [0.717, 1.165) is 0 Å². The summed E-state index contributed by atoms with van der Waals surface area (Å²) in [4.78, 5) is 23.2. The molecular formula is C15H30N2O6. The second kappa shape index (κ2) is 10.5. The maximum atomic E-state index is 12.2. The molecule has 8 nitrogen and oxygen atoms in total. The van der Waals surface area contributed by atoms with E-state index in [2.05, 4.69) is 0 Å². The molecule has 0 aliphatic rings. The third-order valence-corrected chi connectivity index (χ3v) is 4.82. The van der Waals surface area contributed by atoms with Crippen LogP contribution in [-0.4, -0.2) is 58.7 Å². The summed E-state index contributed by atoms with van der Waals surface area (Å²) in [7, 11) is 0. The minimum absolute atomic E-state index is 0.0134. The second-order valence-electron chi connectivity index (χ2n) is 5.94. The van der Waals surface area contributed by atoms with Crippen molar-refractivity contribution in [2.75, 3.05) is 26.4 Å². The van der Waals surface area contributed by atoms with E-state index >= 15 is 0 Å². The zero-order valence-electron chi connectivity index (χ0n) is 13.5. The number of amides is 2. The Bertz CT molecular complexity index is 363. The van der Waals surface area contributed by atoms with Crippen LogP contribution in [0.2, 0.25) is 0 Å². The number of carbonyl (C=O) groups is 2. The highest BCUT2D eigenvalue weighted by Gasteiger charge is 2.53. The lowest BCUT2D eigenvalue weighted by atomic mass is 9.54. The Morgan fingerprint density at radius 3 is 1.48 bits per heavy atom. The van der Waals surface area contributed by atoms with Gasteiger partial charge in [0.2, 0.25) is 11.8 Å². The fourth-order valence-electron chi connectivity index (χ4n) is 3.67. The van der Waals surface area contributed by atoms with Crippen molar-refractivity contribution in [2.24, 2.45) is 22.3 Å². The largest absolute Gasteiger partial charge is 0.396 e. The van der Waals surface area contributed by atoms with Gasteiger partial charge in [-0.2, -0.15) is 0 Å². The lowest BCUT2D eigenvalue weighted by Gasteiger charge is -2.49. The van der Waals surface area contributed by atoms with Crippen LogP contribution in [-0.2, 0) is 9.59 Å². The number of nitrogens with two attached hydrogens (primary N) is 2. The molecule has 0 saturated heterocycles. The zero-order valence-corrected chi connectivity index (χ0v) is 13.5. The maximum absolute atomic E-state index is 12.2. The molecule has 0 radical (unpaired) electrons. The number of aliphatic hydroxyl groups excluding tert-OH is 4. The van der Waals surface area contributed by atoms with Crippen molar-refractivity contribution in [1.29, 1.82) is 0 Å². The standard InChI is InChI=1S/C15H30N2O6/c16-12(22)2-1-3-14(4-8-18,5-9-19)15(6-10-20,7-11-21)13(17)23/h18-21H,1-11H2,(H2,16,22)(H2,17,23). The summed E-state index contributed by atoms with van der Waals surface area (Å²) in [6.45, 7) is -1.14. The third kappa shape index (κ3) is 5.42. The SMILES string of the molecule is NC(=O)CCCC(CCO)(CCO)C(CCO)(CCO)C(N)=O. The summed E-state index contributed by atoms with van der Waals surface area (Å²) in [6.07, 6.45) is 1.14. The highest BCUT2D eigenvalue weighted by molar-refractivity contribution is 5.82. The number of carbonyl (C=O) groups excluding carboxylic acids is 2. The molecule has 8 N–H and O–H groups in total. The average molecular weight is 334 g/mol. The molecule has 0 aromatic heterocycles. The highest BCUT2D eigenvalue weighted by atomic mass is 16.3. The van der Waals surface area contributed by atoms with Crippen molar-refractivity contribution in [2.45, 2.75) is 44.9 Å². The van der Waals surface area contributed by atoms with Gasteiger partial charge in [0.25, 0.3) is 0 Å². The van der Waals surface area contributed by atoms with Gasteiger partial charge >= 0.3 is 0 Å². The fraction of sp³-hybridized carbons (Fsp3) is 0.867. The predicted octanol–water partition coefficient (Wildman–Crippen LogP) is -1.37. The molecule has 0 rings (SSSR count). The van der Waals surface area contributed by atoms with Gasteiger partial charge in [0.1, 0.15) is 0 Å². The van der Waals surface area contributed by atoms with E-state index in [1.807, 2.05) is 0 Å². The molecule has 0 aliphatic carbocycles. The minimum Gasteiger partial charge on any atom is -0.396 e. The highest BCUT2D eigenvalue weighted by Crippen LogP contribution is 2.53. The first-order valence-corrected chi connectivity index (χ1v) is 7.87. The lowest BCUT2D eigenvalue weighted by Crippen LogP contribution is -2.53. The van der Waals surface area contributed by atoms with Crippen LogP contribution >= 0.6 is 0 Å². The molecule has 0 aliphatic heterocycles. The van der Waals surface area contributed by atoms with Crippen LogP contribution < -0.4 is 11.5 Å². The molecular weight excluding hydrogens is 304 g/mol. The summed E-state index contributed by atoms with van der Waals surface area (Å²) in [6, 6.07) is 0. The van der Waals surface area contributed by atoms with E-state index < -0.39 is 22.6 Å². The van der Waals surface area contributed by atoms with E-state index in [4.69, 9.17) is 11.5 Å². The number of hydrogen-bond donors (Lipinski definition) is 6. The van der Waals surface area contributed by atoms with Crippen molar-refractivity contribution in [1.82, 2.24) is 0 Å². The van der Waals surface area contributed by atoms with Crippen LogP contribution in [0.4, 0.5) is 0 Å². The van der Waals surface area contributed by atoms with E-state index in [-0.39, 0.29) is 58.5 Å². The first kappa shape index (κ1) is 21.8. The molecule has 0 aromatic rings. The van der Waals surface area contributed by atoms with Gasteiger partial charge in [-0.3, -0.25) is 9.59 Å². The van der Waals surface area contributed by atoms with Gasteiger partial charge in [-0.15, -0.1) is 0 Å². The molecule has 136 valence electrons.